The third-order valence-electron chi connectivity index (χ3n) is 2.79. The van der Waals surface area contributed by atoms with Gasteiger partial charge < -0.3 is 5.11 Å². The van der Waals surface area contributed by atoms with Crippen molar-refractivity contribution >= 4 is 27.4 Å². The lowest BCUT2D eigenvalue weighted by molar-refractivity contribution is -0.140. The van der Waals surface area contributed by atoms with E-state index in [1.165, 1.54) is 19.1 Å². The van der Waals surface area contributed by atoms with Crippen LogP contribution in [0.4, 0.5) is 0 Å². The van der Waals surface area contributed by atoms with Gasteiger partial charge in [0.05, 0.1) is 4.91 Å². The van der Waals surface area contributed by atoms with E-state index in [9.17, 15) is 13.2 Å². The lowest BCUT2D eigenvalue weighted by Crippen LogP contribution is -2.42. The Hall–Kier alpha value is -0.810. The Balaban J connectivity index is 3.50. The summed E-state index contributed by atoms with van der Waals surface area (Å²) in [6, 6.07) is 0. The van der Waals surface area contributed by atoms with Crippen LogP contribution in [-0.4, -0.2) is 30.6 Å². The van der Waals surface area contributed by atoms with Crippen LogP contribution in [0.3, 0.4) is 0 Å². The zero-order valence-electron chi connectivity index (χ0n) is 9.19. The highest BCUT2D eigenvalue weighted by molar-refractivity contribution is 7.94. The molecule has 0 amide bonds. The first-order valence-corrected chi connectivity index (χ1v) is 6.90. The number of carbonyl (C=O) groups is 1. The van der Waals surface area contributed by atoms with Crippen LogP contribution in [0.1, 0.15) is 13.8 Å². The molecule has 16 heavy (non-hydrogen) atoms. The van der Waals surface area contributed by atoms with E-state index in [4.69, 9.17) is 16.7 Å². The van der Waals surface area contributed by atoms with Crippen molar-refractivity contribution in [2.75, 3.05) is 6.26 Å². The lowest BCUT2D eigenvalue weighted by atomic mass is 9.83. The number of rotatable bonds is 2. The largest absolute Gasteiger partial charge is 0.480 e. The van der Waals surface area contributed by atoms with E-state index in [0.717, 1.165) is 6.26 Å². The van der Waals surface area contributed by atoms with E-state index in [1.54, 1.807) is 6.92 Å². The Morgan fingerprint density at radius 1 is 1.56 bits per heavy atom. The molecule has 2 unspecified atom stereocenters. The minimum atomic E-state index is -3.46. The molecular formula is C10H13ClO4S. The van der Waals surface area contributed by atoms with Crippen molar-refractivity contribution in [3.63, 3.8) is 0 Å². The molecule has 0 fully saturated rings. The highest BCUT2D eigenvalue weighted by atomic mass is 35.5. The summed E-state index contributed by atoms with van der Waals surface area (Å²) >= 11 is 6.04. The van der Waals surface area contributed by atoms with Crippen LogP contribution < -0.4 is 0 Å². The molecule has 90 valence electrons. The van der Waals surface area contributed by atoms with Gasteiger partial charge in [0.15, 0.2) is 14.7 Å². The second kappa shape index (κ2) is 3.89. The smallest absolute Gasteiger partial charge is 0.329 e. The maximum atomic E-state index is 11.5. The third kappa shape index (κ3) is 1.89. The van der Waals surface area contributed by atoms with E-state index in [1.807, 2.05) is 0 Å². The predicted molar refractivity (Wildman–Crippen MR) is 62.1 cm³/mol. The number of hydrogen-bond acceptors (Lipinski definition) is 3. The number of carboxylic acid groups (broad SMARTS) is 1. The minimum absolute atomic E-state index is 0.0111. The van der Waals surface area contributed by atoms with Gasteiger partial charge in [0.2, 0.25) is 0 Å². The Morgan fingerprint density at radius 2 is 2.06 bits per heavy atom. The van der Waals surface area contributed by atoms with Crippen molar-refractivity contribution in [2.24, 2.45) is 5.92 Å². The van der Waals surface area contributed by atoms with Gasteiger partial charge in [-0.05, 0) is 18.6 Å². The van der Waals surface area contributed by atoms with Crippen molar-refractivity contribution in [3.05, 3.63) is 22.6 Å². The Labute approximate surface area is 99.5 Å². The van der Waals surface area contributed by atoms with E-state index in [2.05, 4.69) is 0 Å². The molecule has 0 saturated heterocycles. The minimum Gasteiger partial charge on any atom is -0.480 e. The summed E-state index contributed by atoms with van der Waals surface area (Å²) in [7, 11) is -3.46. The molecule has 0 saturated carbocycles. The molecule has 0 bridgehead atoms. The van der Waals surface area contributed by atoms with E-state index in [0.29, 0.717) is 0 Å². The summed E-state index contributed by atoms with van der Waals surface area (Å²) in [5.41, 5.74) is 0.166. The van der Waals surface area contributed by atoms with Gasteiger partial charge in [-0.3, -0.25) is 0 Å². The molecule has 2 atom stereocenters. The van der Waals surface area contributed by atoms with Gasteiger partial charge in [0, 0.05) is 12.2 Å². The maximum Gasteiger partial charge on any atom is 0.329 e. The zero-order valence-corrected chi connectivity index (χ0v) is 10.8. The average molecular weight is 265 g/mol. The van der Waals surface area contributed by atoms with Crippen LogP contribution in [0.5, 0.6) is 0 Å². The Kier molecular flexibility index (Phi) is 3.22. The molecule has 0 aliphatic heterocycles. The van der Waals surface area contributed by atoms with Crippen LogP contribution in [-0.2, 0) is 14.6 Å². The van der Waals surface area contributed by atoms with Crippen molar-refractivity contribution in [1.29, 1.82) is 0 Å². The number of aliphatic carboxylic acids is 1. The fraction of sp³-hybridized carbons (Fsp3) is 0.500. The molecule has 1 rings (SSSR count). The molecule has 0 aromatic carbocycles. The van der Waals surface area contributed by atoms with Crippen LogP contribution in [0.2, 0.25) is 0 Å². The lowest BCUT2D eigenvalue weighted by Gasteiger charge is -2.32. The van der Waals surface area contributed by atoms with Crippen molar-refractivity contribution in [2.45, 2.75) is 18.7 Å². The molecule has 4 nitrogen and oxygen atoms in total. The second-order valence-electron chi connectivity index (χ2n) is 3.93. The molecular weight excluding hydrogens is 252 g/mol. The summed E-state index contributed by atoms with van der Waals surface area (Å²) < 4.78 is 22.9. The summed E-state index contributed by atoms with van der Waals surface area (Å²) in [6.07, 6.45) is 3.95. The van der Waals surface area contributed by atoms with E-state index < -0.39 is 26.6 Å². The molecule has 1 aliphatic rings. The Morgan fingerprint density at radius 3 is 2.44 bits per heavy atom. The second-order valence-corrected chi connectivity index (χ2v) is 6.51. The fourth-order valence-corrected chi connectivity index (χ4v) is 3.04. The highest BCUT2D eigenvalue weighted by Crippen LogP contribution is 2.40. The van der Waals surface area contributed by atoms with Crippen LogP contribution in [0.15, 0.2) is 22.6 Å². The van der Waals surface area contributed by atoms with Crippen LogP contribution >= 0.6 is 11.6 Å². The van der Waals surface area contributed by atoms with Crippen LogP contribution in [0, 0.1) is 5.92 Å². The number of alkyl halides is 1. The molecule has 1 aliphatic carbocycles. The first-order valence-electron chi connectivity index (χ1n) is 4.63. The Bertz CT molecular complexity index is 489. The quantitative estimate of drug-likeness (QED) is 0.769. The van der Waals surface area contributed by atoms with Gasteiger partial charge in [-0.25, -0.2) is 13.2 Å². The average Bonchev–Trinajstić information content (AvgIpc) is 2.11. The zero-order chi connectivity index (χ0) is 12.7. The van der Waals surface area contributed by atoms with Gasteiger partial charge >= 0.3 is 5.97 Å². The number of hydrogen-bond donors (Lipinski definition) is 1. The van der Waals surface area contributed by atoms with Crippen molar-refractivity contribution in [1.82, 2.24) is 0 Å². The SMILES string of the molecule is CC1=C(S(C)(=O)=O)C=CC(C)C1(Cl)C(=O)O. The van der Waals surface area contributed by atoms with Crippen molar-refractivity contribution in [3.8, 4) is 0 Å². The highest BCUT2D eigenvalue weighted by Gasteiger charge is 2.46. The molecule has 0 heterocycles. The predicted octanol–water partition coefficient (Wildman–Crippen LogP) is 1.57. The summed E-state index contributed by atoms with van der Waals surface area (Å²) in [4.78, 5) is 9.49. The summed E-state index contributed by atoms with van der Waals surface area (Å²) in [5.74, 6) is -1.69. The monoisotopic (exact) mass is 264 g/mol. The first-order chi connectivity index (χ1) is 7.11. The molecule has 0 spiro atoms. The van der Waals surface area contributed by atoms with E-state index in [-0.39, 0.29) is 10.5 Å². The molecule has 0 aromatic rings. The summed E-state index contributed by atoms with van der Waals surface area (Å²) in [5, 5.41) is 9.13. The van der Waals surface area contributed by atoms with Gasteiger partial charge in [-0.2, -0.15) is 0 Å². The number of allylic oxidation sites excluding steroid dienone is 2. The summed E-state index contributed by atoms with van der Waals surface area (Å²) in [6.45, 7) is 3.08. The number of sulfone groups is 1. The fourth-order valence-electron chi connectivity index (χ4n) is 1.77. The number of carboxylic acids is 1. The normalized spacial score (nSPS) is 30.6. The topological polar surface area (TPSA) is 71.4 Å². The molecule has 0 aromatic heterocycles. The molecule has 0 radical (unpaired) electrons. The van der Waals surface area contributed by atoms with Crippen molar-refractivity contribution < 1.29 is 18.3 Å². The van der Waals surface area contributed by atoms with Gasteiger partial charge in [0.1, 0.15) is 0 Å². The van der Waals surface area contributed by atoms with E-state index >= 15 is 0 Å². The van der Waals surface area contributed by atoms with Gasteiger partial charge in [0.25, 0.3) is 0 Å². The first kappa shape index (κ1) is 13.3. The van der Waals surface area contributed by atoms with Gasteiger partial charge in [-0.15, -0.1) is 11.6 Å². The molecule has 1 N–H and O–H groups in total. The maximum absolute atomic E-state index is 11.5. The third-order valence-corrected chi connectivity index (χ3v) is 4.82. The van der Waals surface area contributed by atoms with Gasteiger partial charge in [-0.1, -0.05) is 13.0 Å². The van der Waals surface area contributed by atoms with Crippen LogP contribution in [0.25, 0.3) is 0 Å². The molecule has 6 heteroatoms. The standard InChI is InChI=1S/C10H13ClO4S/c1-6-4-5-8(16(3,14)15)7(2)10(6,11)9(12)13/h4-6H,1-3H3,(H,12,13). The number of halogens is 1.